The van der Waals surface area contributed by atoms with Gasteiger partial charge in [0.05, 0.1) is 17.8 Å². The zero-order valence-corrected chi connectivity index (χ0v) is 11.8. The molecule has 1 N–H and O–H groups in total. The molecule has 1 atom stereocenters. The third kappa shape index (κ3) is 3.80. The summed E-state index contributed by atoms with van der Waals surface area (Å²) in [5.74, 6) is -0.349. The molecule has 6 heteroatoms. The highest BCUT2D eigenvalue weighted by Gasteiger charge is 2.23. The molecule has 18 heavy (non-hydrogen) atoms. The Labute approximate surface area is 112 Å². The Balaban J connectivity index is 2.86. The van der Waals surface area contributed by atoms with E-state index in [2.05, 4.69) is 5.10 Å². The van der Waals surface area contributed by atoms with Crippen LogP contribution in [0.5, 0.6) is 0 Å². The summed E-state index contributed by atoms with van der Waals surface area (Å²) in [7, 11) is 3.89. The summed E-state index contributed by atoms with van der Waals surface area (Å²) in [5.41, 5.74) is 0.305. The minimum atomic E-state index is -0.998. The number of carbonyl (C=O) groups excluding carboxylic acids is 1. The molecule has 0 saturated carbocycles. The molecule has 0 aliphatic heterocycles. The van der Waals surface area contributed by atoms with Crippen LogP contribution in [0.1, 0.15) is 30.3 Å². The molecule has 0 fully saturated rings. The second-order valence-electron chi connectivity index (χ2n) is 4.54. The van der Waals surface area contributed by atoms with Crippen molar-refractivity contribution in [2.45, 2.75) is 32.4 Å². The summed E-state index contributed by atoms with van der Waals surface area (Å²) in [6.07, 6.45) is 1.63. The van der Waals surface area contributed by atoms with Crippen LogP contribution in [0.2, 0.25) is 5.02 Å². The predicted molar refractivity (Wildman–Crippen MR) is 71.0 cm³/mol. The van der Waals surface area contributed by atoms with Gasteiger partial charge in [-0.15, -0.1) is 0 Å². The van der Waals surface area contributed by atoms with E-state index in [1.807, 2.05) is 25.9 Å². The van der Waals surface area contributed by atoms with Gasteiger partial charge in [-0.05, 0) is 20.5 Å². The Morgan fingerprint density at radius 2 is 2.28 bits per heavy atom. The summed E-state index contributed by atoms with van der Waals surface area (Å²) in [6.45, 7) is 3.24. The van der Waals surface area contributed by atoms with E-state index < -0.39 is 6.10 Å². The molecule has 102 valence electrons. The molecule has 1 unspecified atom stereocenters. The van der Waals surface area contributed by atoms with Gasteiger partial charge in [-0.1, -0.05) is 24.9 Å². The predicted octanol–water partition coefficient (Wildman–Crippen LogP) is 1.44. The number of hydrogen-bond donors (Lipinski definition) is 1. The average Bonchev–Trinajstić information content (AvgIpc) is 2.67. The maximum atomic E-state index is 12.1. The standard InChI is InChI=1S/C12H20ClN3O2/c1-4-5-10(17)12(18)11-9(13)8-14-16(11)7-6-15(2)3/h8,10,17H,4-7H2,1-3H3. The van der Waals surface area contributed by atoms with Crippen molar-refractivity contribution in [2.24, 2.45) is 0 Å². The number of rotatable bonds is 7. The number of nitrogens with zero attached hydrogens (tertiary/aromatic N) is 3. The highest BCUT2D eigenvalue weighted by Crippen LogP contribution is 2.18. The fourth-order valence-corrected chi connectivity index (χ4v) is 1.87. The van der Waals surface area contributed by atoms with Crippen LogP contribution in [-0.4, -0.2) is 52.3 Å². The lowest BCUT2D eigenvalue weighted by Gasteiger charge is -2.13. The third-order valence-electron chi connectivity index (χ3n) is 2.65. The highest BCUT2D eigenvalue weighted by atomic mass is 35.5. The second kappa shape index (κ2) is 6.87. The van der Waals surface area contributed by atoms with Gasteiger partial charge in [0.1, 0.15) is 11.8 Å². The number of carbonyl (C=O) groups is 1. The van der Waals surface area contributed by atoms with Crippen molar-refractivity contribution in [2.75, 3.05) is 20.6 Å². The number of aromatic nitrogens is 2. The van der Waals surface area contributed by atoms with Crippen molar-refractivity contribution in [1.29, 1.82) is 0 Å². The Bertz CT molecular complexity index is 404. The molecule has 0 saturated heterocycles. The minimum absolute atomic E-state index is 0.300. The van der Waals surface area contributed by atoms with Gasteiger partial charge in [0, 0.05) is 6.54 Å². The average molecular weight is 274 g/mol. The first-order valence-corrected chi connectivity index (χ1v) is 6.43. The Kier molecular flexibility index (Phi) is 5.78. The molecular formula is C12H20ClN3O2. The van der Waals surface area contributed by atoms with E-state index in [4.69, 9.17) is 11.6 Å². The van der Waals surface area contributed by atoms with E-state index >= 15 is 0 Å². The number of ketones is 1. The monoisotopic (exact) mass is 273 g/mol. The molecule has 0 spiro atoms. The van der Waals surface area contributed by atoms with Crippen molar-refractivity contribution < 1.29 is 9.90 Å². The number of hydrogen-bond acceptors (Lipinski definition) is 4. The number of aliphatic hydroxyl groups is 1. The van der Waals surface area contributed by atoms with Gasteiger partial charge >= 0.3 is 0 Å². The van der Waals surface area contributed by atoms with Crippen molar-refractivity contribution in [1.82, 2.24) is 14.7 Å². The molecule has 0 aliphatic rings. The van der Waals surface area contributed by atoms with E-state index in [9.17, 15) is 9.90 Å². The fraction of sp³-hybridized carbons (Fsp3) is 0.667. The first-order chi connectivity index (χ1) is 8.47. The van der Waals surface area contributed by atoms with Crippen LogP contribution in [0.15, 0.2) is 6.20 Å². The maximum absolute atomic E-state index is 12.1. The Morgan fingerprint density at radius 1 is 1.61 bits per heavy atom. The van der Waals surface area contributed by atoms with Crippen LogP contribution in [0.4, 0.5) is 0 Å². The van der Waals surface area contributed by atoms with Crippen LogP contribution in [0.25, 0.3) is 0 Å². The van der Waals surface area contributed by atoms with Crippen LogP contribution < -0.4 is 0 Å². The minimum Gasteiger partial charge on any atom is -0.385 e. The molecule has 5 nitrogen and oxygen atoms in total. The zero-order valence-electron chi connectivity index (χ0n) is 11.1. The van der Waals surface area contributed by atoms with Crippen LogP contribution in [-0.2, 0) is 6.54 Å². The van der Waals surface area contributed by atoms with Gasteiger partial charge in [0.25, 0.3) is 0 Å². The molecule has 0 aliphatic carbocycles. The maximum Gasteiger partial charge on any atom is 0.210 e. The van der Waals surface area contributed by atoms with Crippen molar-refractivity contribution in [3.63, 3.8) is 0 Å². The van der Waals surface area contributed by atoms with Gasteiger partial charge in [-0.3, -0.25) is 9.48 Å². The molecule has 1 heterocycles. The normalized spacial score (nSPS) is 13.0. The fourth-order valence-electron chi connectivity index (χ4n) is 1.63. The summed E-state index contributed by atoms with van der Waals surface area (Å²) in [5, 5.41) is 14.1. The van der Waals surface area contributed by atoms with E-state index in [1.165, 1.54) is 6.20 Å². The Morgan fingerprint density at radius 3 is 2.83 bits per heavy atom. The van der Waals surface area contributed by atoms with E-state index in [0.29, 0.717) is 23.7 Å². The molecular weight excluding hydrogens is 254 g/mol. The summed E-state index contributed by atoms with van der Waals surface area (Å²) in [6, 6.07) is 0. The molecule has 1 rings (SSSR count). The summed E-state index contributed by atoms with van der Waals surface area (Å²) < 4.78 is 1.56. The van der Waals surface area contributed by atoms with Gasteiger partial charge in [-0.25, -0.2) is 0 Å². The number of likely N-dealkylation sites (N-methyl/N-ethyl adjacent to an activating group) is 1. The lowest BCUT2D eigenvalue weighted by Crippen LogP contribution is -2.26. The molecule has 0 amide bonds. The first-order valence-electron chi connectivity index (χ1n) is 6.05. The lowest BCUT2D eigenvalue weighted by molar-refractivity contribution is 0.0717. The third-order valence-corrected chi connectivity index (χ3v) is 2.93. The van der Waals surface area contributed by atoms with E-state index in [0.717, 1.165) is 13.0 Å². The quantitative estimate of drug-likeness (QED) is 0.764. The Hall–Kier alpha value is -0.910. The highest BCUT2D eigenvalue weighted by molar-refractivity contribution is 6.33. The number of aliphatic hydroxyl groups excluding tert-OH is 1. The summed E-state index contributed by atoms with van der Waals surface area (Å²) in [4.78, 5) is 14.1. The largest absolute Gasteiger partial charge is 0.385 e. The molecule has 1 aromatic heterocycles. The van der Waals surface area contributed by atoms with Crippen molar-refractivity contribution in [3.8, 4) is 0 Å². The first kappa shape index (κ1) is 15.1. The van der Waals surface area contributed by atoms with Gasteiger partial charge in [0.15, 0.2) is 0 Å². The molecule has 0 aromatic carbocycles. The lowest BCUT2D eigenvalue weighted by atomic mass is 10.1. The van der Waals surface area contributed by atoms with E-state index in [1.54, 1.807) is 4.68 Å². The molecule has 0 radical (unpaired) electrons. The topological polar surface area (TPSA) is 58.4 Å². The van der Waals surface area contributed by atoms with Crippen molar-refractivity contribution >= 4 is 17.4 Å². The zero-order chi connectivity index (χ0) is 13.7. The summed E-state index contributed by atoms with van der Waals surface area (Å²) >= 11 is 5.97. The second-order valence-corrected chi connectivity index (χ2v) is 4.94. The number of Topliss-reactive ketones (excluding diaryl/α,β-unsaturated/α-hetero) is 1. The smallest absolute Gasteiger partial charge is 0.210 e. The number of halogens is 1. The van der Waals surface area contributed by atoms with Crippen molar-refractivity contribution in [3.05, 3.63) is 16.9 Å². The molecule has 1 aromatic rings. The SMILES string of the molecule is CCCC(O)C(=O)c1c(Cl)cnn1CCN(C)C. The van der Waals surface area contributed by atoms with Gasteiger partial charge in [0.2, 0.25) is 5.78 Å². The van der Waals surface area contributed by atoms with Crippen LogP contribution in [0, 0.1) is 0 Å². The van der Waals surface area contributed by atoms with Crippen LogP contribution in [0.3, 0.4) is 0 Å². The van der Waals surface area contributed by atoms with E-state index in [-0.39, 0.29) is 5.78 Å². The van der Waals surface area contributed by atoms with Crippen LogP contribution >= 0.6 is 11.6 Å². The molecule has 0 bridgehead atoms. The van der Waals surface area contributed by atoms with Gasteiger partial charge in [-0.2, -0.15) is 5.10 Å². The van der Waals surface area contributed by atoms with Gasteiger partial charge < -0.3 is 10.0 Å².